The zero-order valence-corrected chi connectivity index (χ0v) is 12.8. The number of anilines is 1. The van der Waals surface area contributed by atoms with Crippen LogP contribution in [-0.2, 0) is 6.54 Å². The first kappa shape index (κ1) is 14.3. The largest absolute Gasteiger partial charge is 0.478 e. The monoisotopic (exact) mass is 293 g/mol. The highest BCUT2D eigenvalue weighted by atomic mass is 16.5. The summed E-state index contributed by atoms with van der Waals surface area (Å²) >= 11 is 0. The Hall–Kier alpha value is -2.62. The zero-order chi connectivity index (χ0) is 15.4. The van der Waals surface area contributed by atoms with Crippen LogP contribution in [0.4, 0.5) is 5.69 Å². The van der Waals surface area contributed by atoms with E-state index in [4.69, 9.17) is 4.74 Å². The van der Waals surface area contributed by atoms with E-state index < -0.39 is 0 Å². The molecular weight excluding hydrogens is 274 g/mol. The van der Waals surface area contributed by atoms with Gasteiger partial charge in [-0.05, 0) is 49.2 Å². The van der Waals surface area contributed by atoms with Gasteiger partial charge < -0.3 is 10.1 Å². The third-order valence-corrected chi connectivity index (χ3v) is 3.58. The molecule has 0 aliphatic carbocycles. The Morgan fingerprint density at radius 3 is 2.73 bits per heavy atom. The van der Waals surface area contributed by atoms with Crippen molar-refractivity contribution in [2.24, 2.45) is 0 Å². The maximum absolute atomic E-state index is 5.64. The summed E-state index contributed by atoms with van der Waals surface area (Å²) in [5, 5.41) is 5.71. The highest BCUT2D eigenvalue weighted by Gasteiger charge is 2.09. The molecule has 0 spiro atoms. The lowest BCUT2D eigenvalue weighted by molar-refractivity contribution is 0.331. The van der Waals surface area contributed by atoms with Gasteiger partial charge >= 0.3 is 0 Å². The van der Waals surface area contributed by atoms with Gasteiger partial charge in [-0.1, -0.05) is 6.07 Å². The van der Waals surface area contributed by atoms with Gasteiger partial charge in [0.2, 0.25) is 5.88 Å². The third-order valence-electron chi connectivity index (χ3n) is 3.58. The number of benzene rings is 1. The van der Waals surface area contributed by atoms with Gasteiger partial charge in [-0.3, -0.25) is 4.98 Å². The Balaban J connectivity index is 1.97. The van der Waals surface area contributed by atoms with E-state index >= 15 is 0 Å². The molecule has 0 amide bonds. The molecule has 0 saturated carbocycles. The molecule has 3 rings (SSSR count). The third kappa shape index (κ3) is 2.86. The first-order valence-corrected chi connectivity index (χ1v) is 7.43. The second kappa shape index (κ2) is 6.43. The molecule has 4 nitrogen and oxygen atoms in total. The van der Waals surface area contributed by atoms with Crippen molar-refractivity contribution in [2.45, 2.75) is 20.4 Å². The van der Waals surface area contributed by atoms with Crippen molar-refractivity contribution >= 4 is 16.5 Å². The zero-order valence-electron chi connectivity index (χ0n) is 12.8. The molecule has 1 aromatic carbocycles. The molecule has 0 aliphatic rings. The number of hydrogen-bond acceptors (Lipinski definition) is 4. The average Bonchev–Trinajstić information content (AvgIpc) is 2.56. The molecule has 2 aromatic heterocycles. The van der Waals surface area contributed by atoms with Crippen molar-refractivity contribution in [1.29, 1.82) is 0 Å². The van der Waals surface area contributed by atoms with Gasteiger partial charge in [0.05, 0.1) is 6.61 Å². The van der Waals surface area contributed by atoms with Crippen LogP contribution in [0.5, 0.6) is 5.88 Å². The van der Waals surface area contributed by atoms with E-state index in [9.17, 15) is 0 Å². The van der Waals surface area contributed by atoms with Crippen LogP contribution in [0.15, 0.2) is 48.9 Å². The highest BCUT2D eigenvalue weighted by molar-refractivity contribution is 5.98. The van der Waals surface area contributed by atoms with Crippen molar-refractivity contribution in [3.8, 4) is 5.88 Å². The first-order valence-electron chi connectivity index (χ1n) is 7.43. The molecule has 0 unspecified atom stereocenters. The van der Waals surface area contributed by atoms with Gasteiger partial charge in [-0.15, -0.1) is 0 Å². The Labute approximate surface area is 130 Å². The smallest absolute Gasteiger partial charge is 0.221 e. The van der Waals surface area contributed by atoms with E-state index in [2.05, 4.69) is 34.3 Å². The number of aryl methyl sites for hydroxylation is 1. The lowest BCUT2D eigenvalue weighted by Crippen LogP contribution is -2.02. The number of rotatable bonds is 5. The number of nitrogens with zero attached hydrogens (tertiary/aromatic N) is 2. The van der Waals surface area contributed by atoms with E-state index in [1.807, 2.05) is 43.7 Å². The van der Waals surface area contributed by atoms with Gasteiger partial charge in [0.25, 0.3) is 0 Å². The summed E-state index contributed by atoms with van der Waals surface area (Å²) in [5.74, 6) is 0.690. The number of pyridine rings is 2. The van der Waals surface area contributed by atoms with Crippen LogP contribution >= 0.6 is 0 Å². The minimum Gasteiger partial charge on any atom is -0.478 e. The van der Waals surface area contributed by atoms with Crippen LogP contribution < -0.4 is 10.1 Å². The summed E-state index contributed by atoms with van der Waals surface area (Å²) in [6, 6.07) is 10.2. The van der Waals surface area contributed by atoms with Crippen LogP contribution in [0.1, 0.15) is 18.1 Å². The maximum Gasteiger partial charge on any atom is 0.221 e. The number of ether oxygens (including phenoxy) is 1. The minimum absolute atomic E-state index is 0.611. The van der Waals surface area contributed by atoms with Crippen molar-refractivity contribution in [3.63, 3.8) is 0 Å². The summed E-state index contributed by atoms with van der Waals surface area (Å²) in [6.07, 6.45) is 5.48. The van der Waals surface area contributed by atoms with E-state index in [-0.39, 0.29) is 0 Å². The minimum atomic E-state index is 0.611. The molecule has 0 aliphatic heterocycles. The lowest BCUT2D eigenvalue weighted by atomic mass is 10.1. The molecule has 112 valence electrons. The second-order valence-electron chi connectivity index (χ2n) is 5.12. The fourth-order valence-electron chi connectivity index (χ4n) is 2.54. The predicted molar refractivity (Wildman–Crippen MR) is 89.2 cm³/mol. The Bertz CT molecular complexity index is 772. The molecule has 0 saturated heterocycles. The molecule has 22 heavy (non-hydrogen) atoms. The number of hydrogen-bond donors (Lipinski definition) is 1. The van der Waals surface area contributed by atoms with Gasteiger partial charge in [-0.2, -0.15) is 0 Å². The van der Waals surface area contributed by atoms with E-state index in [1.165, 1.54) is 5.56 Å². The van der Waals surface area contributed by atoms with Crippen molar-refractivity contribution in [1.82, 2.24) is 9.97 Å². The van der Waals surface area contributed by atoms with E-state index in [0.29, 0.717) is 12.5 Å². The molecule has 0 atom stereocenters. The maximum atomic E-state index is 5.64. The number of fused-ring (bicyclic) bond motifs is 1. The van der Waals surface area contributed by atoms with Gasteiger partial charge in [0.15, 0.2) is 0 Å². The van der Waals surface area contributed by atoms with Crippen molar-refractivity contribution in [2.75, 3.05) is 11.9 Å². The van der Waals surface area contributed by atoms with Crippen molar-refractivity contribution in [3.05, 3.63) is 60.0 Å². The standard InChI is InChI=1S/C18H19N3O/c1-3-22-18-15-5-4-6-16(17(15)13(2)11-21-18)20-12-14-7-9-19-10-8-14/h4-11,20H,3,12H2,1-2H3. The average molecular weight is 293 g/mol. The molecule has 0 bridgehead atoms. The first-order chi connectivity index (χ1) is 10.8. The van der Waals surface area contributed by atoms with E-state index in [0.717, 1.165) is 28.6 Å². The Morgan fingerprint density at radius 1 is 1.14 bits per heavy atom. The topological polar surface area (TPSA) is 47.0 Å². The molecule has 1 N–H and O–H groups in total. The summed E-state index contributed by atoms with van der Waals surface area (Å²) in [5.41, 5.74) is 3.43. The molecule has 3 aromatic rings. The molecule has 4 heteroatoms. The fraction of sp³-hybridized carbons (Fsp3) is 0.222. The molecule has 0 fully saturated rings. The van der Waals surface area contributed by atoms with Gasteiger partial charge in [-0.25, -0.2) is 4.98 Å². The van der Waals surface area contributed by atoms with Crippen LogP contribution in [-0.4, -0.2) is 16.6 Å². The summed E-state index contributed by atoms with van der Waals surface area (Å²) in [4.78, 5) is 8.44. The predicted octanol–water partition coefficient (Wildman–Crippen LogP) is 3.95. The molecular formula is C18H19N3O. The Morgan fingerprint density at radius 2 is 1.95 bits per heavy atom. The quantitative estimate of drug-likeness (QED) is 0.773. The summed E-state index contributed by atoms with van der Waals surface area (Å²) < 4.78 is 5.64. The molecule has 0 radical (unpaired) electrons. The van der Waals surface area contributed by atoms with Crippen LogP contribution in [0.2, 0.25) is 0 Å². The van der Waals surface area contributed by atoms with Crippen LogP contribution in [0.25, 0.3) is 10.8 Å². The SMILES string of the molecule is CCOc1ncc(C)c2c(NCc3ccncc3)cccc12. The summed E-state index contributed by atoms with van der Waals surface area (Å²) in [6.45, 7) is 5.41. The van der Waals surface area contributed by atoms with E-state index in [1.54, 1.807) is 0 Å². The van der Waals surface area contributed by atoms with Gasteiger partial charge in [0.1, 0.15) is 0 Å². The molecule has 2 heterocycles. The van der Waals surface area contributed by atoms with Crippen LogP contribution in [0.3, 0.4) is 0 Å². The fourth-order valence-corrected chi connectivity index (χ4v) is 2.54. The van der Waals surface area contributed by atoms with Crippen molar-refractivity contribution < 1.29 is 4.74 Å². The number of aromatic nitrogens is 2. The lowest BCUT2D eigenvalue weighted by Gasteiger charge is -2.14. The Kier molecular flexibility index (Phi) is 4.19. The number of nitrogens with one attached hydrogen (secondary N) is 1. The van der Waals surface area contributed by atoms with Crippen LogP contribution in [0, 0.1) is 6.92 Å². The normalized spacial score (nSPS) is 10.6. The summed E-state index contributed by atoms with van der Waals surface area (Å²) in [7, 11) is 0. The second-order valence-corrected chi connectivity index (χ2v) is 5.12. The van der Waals surface area contributed by atoms with Gasteiger partial charge in [0, 0.05) is 41.6 Å². The highest BCUT2D eigenvalue weighted by Crippen LogP contribution is 2.32.